The predicted molar refractivity (Wildman–Crippen MR) is 65.5 cm³/mol. The number of rotatable bonds is 3. The molecule has 0 fully saturated rings. The van der Waals surface area contributed by atoms with Crippen molar-refractivity contribution in [3.63, 3.8) is 0 Å². The van der Waals surface area contributed by atoms with E-state index in [1.54, 1.807) is 6.07 Å². The maximum absolute atomic E-state index is 11.9. The van der Waals surface area contributed by atoms with E-state index in [9.17, 15) is 4.79 Å². The van der Waals surface area contributed by atoms with Gasteiger partial charge in [-0.2, -0.15) is 4.98 Å². The lowest BCUT2D eigenvalue weighted by Crippen LogP contribution is -2.07. The Labute approximate surface area is 99.2 Å². The zero-order valence-electron chi connectivity index (χ0n) is 10.2. The van der Waals surface area contributed by atoms with Gasteiger partial charge in [0.15, 0.2) is 0 Å². The average molecular weight is 233 g/mol. The van der Waals surface area contributed by atoms with Crippen molar-refractivity contribution in [2.45, 2.75) is 26.2 Å². The molecule has 1 heterocycles. The van der Waals surface area contributed by atoms with Gasteiger partial charge in [0.05, 0.1) is 18.0 Å². The van der Waals surface area contributed by atoms with Gasteiger partial charge in [0.1, 0.15) is 0 Å². The summed E-state index contributed by atoms with van der Waals surface area (Å²) in [5.41, 5.74) is 1.22. The summed E-state index contributed by atoms with van der Waals surface area (Å²) in [6.07, 6.45) is 0.966. The zero-order chi connectivity index (χ0) is 12.4. The van der Waals surface area contributed by atoms with E-state index in [0.29, 0.717) is 16.8 Å². The third-order valence-electron chi connectivity index (χ3n) is 2.99. The van der Waals surface area contributed by atoms with Crippen LogP contribution in [-0.4, -0.2) is 12.1 Å². The third kappa shape index (κ3) is 2.02. The van der Waals surface area contributed by atoms with Crippen molar-refractivity contribution in [3.8, 4) is 6.08 Å². The Hall–Kier alpha value is -1.84. The van der Waals surface area contributed by atoms with Crippen LogP contribution in [0.4, 0.5) is 0 Å². The van der Waals surface area contributed by atoms with Gasteiger partial charge in [0.2, 0.25) is 0 Å². The number of methoxy groups -OCH3 is 1. The van der Waals surface area contributed by atoms with Gasteiger partial charge >= 0.3 is 11.7 Å². The molecule has 0 saturated heterocycles. The Balaban J connectivity index is 2.76. The SMILES string of the molecule is CCC(C)c1cccc2nc(OC)oc(=O)c12. The summed E-state index contributed by atoms with van der Waals surface area (Å²) in [6, 6.07) is 5.64. The third-order valence-corrected chi connectivity index (χ3v) is 2.99. The van der Waals surface area contributed by atoms with Crippen molar-refractivity contribution < 1.29 is 9.15 Å². The van der Waals surface area contributed by atoms with E-state index < -0.39 is 0 Å². The van der Waals surface area contributed by atoms with E-state index in [0.717, 1.165) is 12.0 Å². The monoisotopic (exact) mass is 233 g/mol. The number of fused-ring (bicyclic) bond motifs is 1. The number of ether oxygens (including phenoxy) is 1. The first-order valence-corrected chi connectivity index (χ1v) is 5.65. The molecule has 4 heteroatoms. The molecule has 0 N–H and O–H groups in total. The lowest BCUT2D eigenvalue weighted by Gasteiger charge is -2.10. The minimum absolute atomic E-state index is 0.00352. The first kappa shape index (κ1) is 11.6. The van der Waals surface area contributed by atoms with Gasteiger partial charge in [-0.15, -0.1) is 0 Å². The highest BCUT2D eigenvalue weighted by Gasteiger charge is 2.14. The van der Waals surface area contributed by atoms with Crippen molar-refractivity contribution in [3.05, 3.63) is 34.2 Å². The van der Waals surface area contributed by atoms with E-state index >= 15 is 0 Å². The largest absolute Gasteiger partial charge is 0.453 e. The van der Waals surface area contributed by atoms with Gasteiger partial charge in [0, 0.05) is 0 Å². The molecule has 0 saturated carbocycles. The van der Waals surface area contributed by atoms with E-state index in [1.165, 1.54) is 7.11 Å². The molecule has 0 spiro atoms. The Bertz CT molecular complexity index is 589. The fourth-order valence-electron chi connectivity index (χ4n) is 1.84. The van der Waals surface area contributed by atoms with Crippen molar-refractivity contribution >= 4 is 10.9 Å². The summed E-state index contributed by atoms with van der Waals surface area (Å²) in [6.45, 7) is 4.17. The zero-order valence-corrected chi connectivity index (χ0v) is 10.2. The standard InChI is InChI=1S/C13H15NO3/c1-4-8(2)9-6-5-7-10-11(9)12(15)17-13(14-10)16-3/h5-8H,4H2,1-3H3. The summed E-state index contributed by atoms with van der Waals surface area (Å²) >= 11 is 0. The van der Waals surface area contributed by atoms with E-state index in [4.69, 9.17) is 9.15 Å². The molecular weight excluding hydrogens is 218 g/mol. The number of aromatic nitrogens is 1. The van der Waals surface area contributed by atoms with Crippen molar-refractivity contribution in [1.29, 1.82) is 0 Å². The molecule has 0 bridgehead atoms. The molecule has 1 aromatic carbocycles. The van der Waals surface area contributed by atoms with Gasteiger partial charge in [-0.3, -0.25) is 0 Å². The van der Waals surface area contributed by atoms with Gasteiger partial charge in [-0.25, -0.2) is 4.79 Å². The summed E-state index contributed by atoms with van der Waals surface area (Å²) in [7, 11) is 1.43. The van der Waals surface area contributed by atoms with Crippen molar-refractivity contribution in [1.82, 2.24) is 4.98 Å². The smallest absolute Gasteiger partial charge is 0.396 e. The maximum Gasteiger partial charge on any atom is 0.396 e. The highest BCUT2D eigenvalue weighted by molar-refractivity contribution is 5.81. The fourth-order valence-corrected chi connectivity index (χ4v) is 1.84. The summed E-state index contributed by atoms with van der Waals surface area (Å²) < 4.78 is 9.84. The van der Waals surface area contributed by atoms with Crippen LogP contribution in [-0.2, 0) is 0 Å². The summed E-state index contributed by atoms with van der Waals surface area (Å²) in [5, 5.41) is 0.558. The number of nitrogens with zero attached hydrogens (tertiary/aromatic N) is 1. The van der Waals surface area contributed by atoms with E-state index in [-0.39, 0.29) is 11.7 Å². The van der Waals surface area contributed by atoms with Gasteiger partial charge in [-0.05, 0) is 24.0 Å². The Morgan fingerprint density at radius 3 is 2.88 bits per heavy atom. The molecule has 0 amide bonds. The predicted octanol–water partition coefficient (Wildman–Crippen LogP) is 2.71. The minimum atomic E-state index is -0.386. The molecule has 2 aromatic rings. The molecule has 1 aromatic heterocycles. The molecule has 2 rings (SSSR count). The number of hydrogen-bond acceptors (Lipinski definition) is 4. The van der Waals surface area contributed by atoms with Crippen LogP contribution in [0.25, 0.3) is 10.9 Å². The maximum atomic E-state index is 11.9. The van der Waals surface area contributed by atoms with Gasteiger partial charge < -0.3 is 9.15 Å². The minimum Gasteiger partial charge on any atom is -0.453 e. The van der Waals surface area contributed by atoms with Crippen LogP contribution >= 0.6 is 0 Å². The molecule has 1 atom stereocenters. The fraction of sp³-hybridized carbons (Fsp3) is 0.385. The molecule has 0 radical (unpaired) electrons. The molecule has 90 valence electrons. The van der Waals surface area contributed by atoms with Crippen LogP contribution in [0.5, 0.6) is 6.08 Å². The highest BCUT2D eigenvalue weighted by atomic mass is 16.6. The molecular formula is C13H15NO3. The number of benzene rings is 1. The van der Waals surface area contributed by atoms with Crippen molar-refractivity contribution in [2.24, 2.45) is 0 Å². The van der Waals surface area contributed by atoms with Crippen LogP contribution in [0.2, 0.25) is 0 Å². The molecule has 0 aliphatic rings. The Morgan fingerprint density at radius 2 is 2.24 bits per heavy atom. The first-order chi connectivity index (χ1) is 8.17. The second-order valence-corrected chi connectivity index (χ2v) is 4.02. The van der Waals surface area contributed by atoms with E-state index in [1.807, 2.05) is 12.1 Å². The topological polar surface area (TPSA) is 52.3 Å². The van der Waals surface area contributed by atoms with Crippen LogP contribution in [0.1, 0.15) is 31.7 Å². The van der Waals surface area contributed by atoms with Gasteiger partial charge in [0.25, 0.3) is 0 Å². The normalized spacial score (nSPS) is 12.6. The quantitative estimate of drug-likeness (QED) is 0.817. The Morgan fingerprint density at radius 1 is 1.47 bits per heavy atom. The second-order valence-electron chi connectivity index (χ2n) is 4.02. The van der Waals surface area contributed by atoms with E-state index in [2.05, 4.69) is 18.8 Å². The average Bonchev–Trinajstić information content (AvgIpc) is 2.36. The first-order valence-electron chi connectivity index (χ1n) is 5.65. The lowest BCUT2D eigenvalue weighted by atomic mass is 9.95. The Kier molecular flexibility index (Phi) is 3.13. The molecule has 0 aliphatic carbocycles. The van der Waals surface area contributed by atoms with Gasteiger partial charge in [-0.1, -0.05) is 26.0 Å². The van der Waals surface area contributed by atoms with Crippen LogP contribution in [0, 0.1) is 0 Å². The van der Waals surface area contributed by atoms with Crippen LogP contribution in [0.15, 0.2) is 27.4 Å². The molecule has 0 aliphatic heterocycles. The summed E-state index contributed by atoms with van der Waals surface area (Å²) in [5.74, 6) is 0.303. The molecule has 4 nitrogen and oxygen atoms in total. The molecule has 1 unspecified atom stereocenters. The summed E-state index contributed by atoms with van der Waals surface area (Å²) in [4.78, 5) is 16.1. The highest BCUT2D eigenvalue weighted by Crippen LogP contribution is 2.25. The number of hydrogen-bond donors (Lipinski definition) is 0. The lowest BCUT2D eigenvalue weighted by molar-refractivity contribution is 0.270. The second kappa shape index (κ2) is 4.57. The van der Waals surface area contributed by atoms with Crippen LogP contribution in [0.3, 0.4) is 0 Å². The van der Waals surface area contributed by atoms with Crippen molar-refractivity contribution in [2.75, 3.05) is 7.11 Å². The van der Waals surface area contributed by atoms with Crippen LogP contribution < -0.4 is 10.4 Å². The molecule has 17 heavy (non-hydrogen) atoms.